The van der Waals surface area contributed by atoms with E-state index in [0.717, 1.165) is 16.6 Å². The van der Waals surface area contributed by atoms with Gasteiger partial charge in [0.2, 0.25) is 0 Å². The van der Waals surface area contributed by atoms with Crippen molar-refractivity contribution < 1.29 is 19.1 Å². The fourth-order valence-corrected chi connectivity index (χ4v) is 3.08. The van der Waals surface area contributed by atoms with Gasteiger partial charge in [-0.1, -0.05) is 24.3 Å². The van der Waals surface area contributed by atoms with Gasteiger partial charge in [0, 0.05) is 24.7 Å². The summed E-state index contributed by atoms with van der Waals surface area (Å²) in [5.74, 6) is -1.16. The number of nitrogens with zero attached hydrogens (tertiary/aromatic N) is 1. The highest BCUT2D eigenvalue weighted by atomic mass is 16.5. The van der Waals surface area contributed by atoms with Crippen LogP contribution in [-0.4, -0.2) is 30.7 Å². The fraction of sp³-hybridized carbons (Fsp3) is 0.368. The van der Waals surface area contributed by atoms with Crippen molar-refractivity contribution in [1.82, 2.24) is 4.57 Å². The summed E-state index contributed by atoms with van der Waals surface area (Å²) in [7, 11) is 4.50. The van der Waals surface area contributed by atoms with E-state index in [4.69, 9.17) is 9.47 Å². The molecule has 128 valence electrons. The van der Waals surface area contributed by atoms with E-state index in [-0.39, 0.29) is 12.8 Å². The predicted octanol–water partition coefficient (Wildman–Crippen LogP) is 3.02. The Morgan fingerprint density at radius 2 is 1.83 bits per heavy atom. The highest BCUT2D eigenvalue weighted by molar-refractivity contribution is 6.00. The van der Waals surface area contributed by atoms with Gasteiger partial charge in [-0.15, -0.1) is 6.58 Å². The van der Waals surface area contributed by atoms with Gasteiger partial charge in [-0.05, 0) is 30.4 Å². The number of allylic oxidation sites excluding steroid dienone is 1. The Morgan fingerprint density at radius 3 is 2.38 bits per heavy atom. The van der Waals surface area contributed by atoms with Crippen LogP contribution in [-0.2, 0) is 32.5 Å². The standard InChI is InChI=1S/C19H23NO4/c1-5-6-11-19(17(21)23-3,18(22)24-4)13-15-12-14-9-7-8-10-16(14)20(15)2/h5,7-10,12H,1,6,11,13H2,2-4H3. The van der Waals surface area contributed by atoms with Gasteiger partial charge in [-0.2, -0.15) is 0 Å². The molecule has 5 nitrogen and oxygen atoms in total. The first kappa shape index (κ1) is 17.8. The summed E-state index contributed by atoms with van der Waals surface area (Å²) >= 11 is 0. The first-order chi connectivity index (χ1) is 11.5. The van der Waals surface area contributed by atoms with Gasteiger partial charge in [-0.25, -0.2) is 0 Å². The number of carbonyl (C=O) groups excluding carboxylic acids is 2. The SMILES string of the molecule is C=CCCC(Cc1cc2ccccc2n1C)(C(=O)OC)C(=O)OC. The minimum atomic E-state index is -1.38. The van der Waals surface area contributed by atoms with Crippen LogP contribution in [0.1, 0.15) is 18.5 Å². The van der Waals surface area contributed by atoms with Gasteiger partial charge < -0.3 is 14.0 Å². The van der Waals surface area contributed by atoms with Crippen molar-refractivity contribution in [2.24, 2.45) is 12.5 Å². The van der Waals surface area contributed by atoms with Crippen LogP contribution >= 0.6 is 0 Å². The second-order valence-electron chi connectivity index (χ2n) is 5.82. The van der Waals surface area contributed by atoms with Gasteiger partial charge in [0.1, 0.15) is 0 Å². The largest absolute Gasteiger partial charge is 0.468 e. The second kappa shape index (κ2) is 7.34. The molecule has 0 bridgehead atoms. The summed E-state index contributed by atoms with van der Waals surface area (Å²) < 4.78 is 11.9. The van der Waals surface area contributed by atoms with Gasteiger partial charge in [-0.3, -0.25) is 9.59 Å². The zero-order chi connectivity index (χ0) is 17.7. The lowest BCUT2D eigenvalue weighted by Gasteiger charge is -2.28. The average molecular weight is 329 g/mol. The van der Waals surface area contributed by atoms with Gasteiger partial charge in [0.25, 0.3) is 0 Å². The molecule has 1 heterocycles. The molecule has 0 aliphatic rings. The summed E-state index contributed by atoms with van der Waals surface area (Å²) in [4.78, 5) is 25.0. The summed E-state index contributed by atoms with van der Waals surface area (Å²) in [6.07, 6.45) is 2.69. The van der Waals surface area contributed by atoms with E-state index in [1.165, 1.54) is 14.2 Å². The van der Waals surface area contributed by atoms with Crippen molar-refractivity contribution in [3.05, 3.63) is 48.7 Å². The number of aryl methyl sites for hydroxylation is 1. The Balaban J connectivity index is 2.52. The smallest absolute Gasteiger partial charge is 0.323 e. The van der Waals surface area contributed by atoms with Crippen molar-refractivity contribution in [2.75, 3.05) is 14.2 Å². The number of fused-ring (bicyclic) bond motifs is 1. The van der Waals surface area contributed by atoms with Crippen LogP contribution in [0.2, 0.25) is 0 Å². The van der Waals surface area contributed by atoms with E-state index in [0.29, 0.717) is 6.42 Å². The Morgan fingerprint density at radius 1 is 1.21 bits per heavy atom. The van der Waals surface area contributed by atoms with E-state index >= 15 is 0 Å². The highest BCUT2D eigenvalue weighted by Gasteiger charge is 2.48. The summed E-state index contributed by atoms with van der Waals surface area (Å²) in [6, 6.07) is 9.90. The third-order valence-electron chi connectivity index (χ3n) is 4.46. The number of methoxy groups -OCH3 is 2. The monoisotopic (exact) mass is 329 g/mol. The number of para-hydroxylation sites is 1. The van der Waals surface area contributed by atoms with Crippen molar-refractivity contribution in [2.45, 2.75) is 19.3 Å². The minimum absolute atomic E-state index is 0.214. The Kier molecular flexibility index (Phi) is 5.44. The molecular weight excluding hydrogens is 306 g/mol. The lowest BCUT2D eigenvalue weighted by molar-refractivity contribution is -0.169. The molecule has 2 aromatic rings. The third kappa shape index (κ3) is 3.07. The number of carbonyl (C=O) groups is 2. The molecule has 0 unspecified atom stereocenters. The maximum Gasteiger partial charge on any atom is 0.323 e. The minimum Gasteiger partial charge on any atom is -0.468 e. The van der Waals surface area contributed by atoms with Crippen LogP contribution in [0.25, 0.3) is 10.9 Å². The molecule has 24 heavy (non-hydrogen) atoms. The van der Waals surface area contributed by atoms with Gasteiger partial charge >= 0.3 is 11.9 Å². The second-order valence-corrected chi connectivity index (χ2v) is 5.82. The van der Waals surface area contributed by atoms with Crippen molar-refractivity contribution in [1.29, 1.82) is 0 Å². The number of ether oxygens (including phenoxy) is 2. The molecule has 0 amide bonds. The molecule has 0 radical (unpaired) electrons. The molecule has 0 spiro atoms. The third-order valence-corrected chi connectivity index (χ3v) is 4.46. The number of aromatic nitrogens is 1. The van der Waals surface area contributed by atoms with E-state index < -0.39 is 17.4 Å². The molecule has 0 N–H and O–H groups in total. The topological polar surface area (TPSA) is 57.5 Å². The first-order valence-electron chi connectivity index (χ1n) is 7.81. The molecule has 0 aliphatic heterocycles. The van der Waals surface area contributed by atoms with Crippen molar-refractivity contribution in [3.8, 4) is 0 Å². The quantitative estimate of drug-likeness (QED) is 0.445. The lowest BCUT2D eigenvalue weighted by atomic mass is 9.78. The molecule has 0 atom stereocenters. The average Bonchev–Trinajstić information content (AvgIpc) is 2.93. The van der Waals surface area contributed by atoms with E-state index in [1.54, 1.807) is 6.08 Å². The predicted molar refractivity (Wildman–Crippen MR) is 92.5 cm³/mol. The Bertz CT molecular complexity index is 744. The molecule has 0 saturated carbocycles. The highest BCUT2D eigenvalue weighted by Crippen LogP contribution is 2.34. The lowest BCUT2D eigenvalue weighted by Crippen LogP contribution is -2.43. The molecule has 1 aromatic heterocycles. The molecule has 0 aliphatic carbocycles. The van der Waals surface area contributed by atoms with Crippen LogP contribution in [0, 0.1) is 5.41 Å². The molecule has 1 aromatic carbocycles. The molecule has 0 fully saturated rings. The normalized spacial score (nSPS) is 11.3. The first-order valence-corrected chi connectivity index (χ1v) is 7.81. The zero-order valence-electron chi connectivity index (χ0n) is 14.4. The summed E-state index contributed by atoms with van der Waals surface area (Å²) in [5.41, 5.74) is 0.538. The summed E-state index contributed by atoms with van der Waals surface area (Å²) in [6.45, 7) is 3.68. The summed E-state index contributed by atoms with van der Waals surface area (Å²) in [5, 5.41) is 1.06. The molecule has 5 heteroatoms. The van der Waals surface area contributed by atoms with Crippen LogP contribution in [0.5, 0.6) is 0 Å². The van der Waals surface area contributed by atoms with E-state index in [9.17, 15) is 9.59 Å². The van der Waals surface area contributed by atoms with Crippen LogP contribution in [0.15, 0.2) is 43.0 Å². The Labute approximate surface area is 141 Å². The fourth-order valence-electron chi connectivity index (χ4n) is 3.08. The van der Waals surface area contributed by atoms with Crippen molar-refractivity contribution >= 4 is 22.8 Å². The number of rotatable bonds is 7. The van der Waals surface area contributed by atoms with Crippen LogP contribution in [0.4, 0.5) is 0 Å². The molecule has 2 rings (SSSR count). The maximum absolute atomic E-state index is 12.5. The number of hydrogen-bond acceptors (Lipinski definition) is 4. The maximum atomic E-state index is 12.5. The van der Waals surface area contributed by atoms with Crippen molar-refractivity contribution in [3.63, 3.8) is 0 Å². The number of hydrogen-bond donors (Lipinski definition) is 0. The zero-order valence-corrected chi connectivity index (χ0v) is 14.4. The van der Waals surface area contributed by atoms with Gasteiger partial charge in [0.05, 0.1) is 14.2 Å². The van der Waals surface area contributed by atoms with Gasteiger partial charge in [0.15, 0.2) is 5.41 Å². The Hall–Kier alpha value is -2.56. The van der Waals surface area contributed by atoms with Crippen LogP contribution < -0.4 is 0 Å². The van der Waals surface area contributed by atoms with E-state index in [1.807, 2.05) is 41.9 Å². The van der Waals surface area contributed by atoms with E-state index in [2.05, 4.69) is 6.58 Å². The van der Waals surface area contributed by atoms with Crippen LogP contribution in [0.3, 0.4) is 0 Å². The molecular formula is C19H23NO4. The number of benzene rings is 1. The number of esters is 2. The molecule has 0 saturated heterocycles.